The van der Waals surface area contributed by atoms with E-state index in [1.165, 1.54) is 44.4 Å². The van der Waals surface area contributed by atoms with Crippen LogP contribution in [0.3, 0.4) is 0 Å². The number of hydrogen-bond acceptors (Lipinski definition) is 5. The number of carbonyl (C=O) groups is 1. The fraction of sp³-hybridized carbons (Fsp3) is 0.267. The van der Waals surface area contributed by atoms with Gasteiger partial charge in [0.05, 0.1) is 11.2 Å². The van der Waals surface area contributed by atoms with Gasteiger partial charge in [0.2, 0.25) is 15.9 Å². The number of aliphatic hydroxyl groups is 1. The Bertz CT molecular complexity index is 765. The Morgan fingerprint density at radius 3 is 2.43 bits per heavy atom. The lowest BCUT2D eigenvalue weighted by Crippen LogP contribution is -2.38. The lowest BCUT2D eigenvalue weighted by molar-refractivity contribution is -0.114. The van der Waals surface area contributed by atoms with Gasteiger partial charge in [0.25, 0.3) is 0 Å². The van der Waals surface area contributed by atoms with Crippen LogP contribution in [0, 0.1) is 0 Å². The molecule has 0 bridgehead atoms. The van der Waals surface area contributed by atoms with E-state index in [1.54, 1.807) is 12.1 Å². The Balaban J connectivity index is 2.08. The topological polar surface area (TPSA) is 109 Å². The van der Waals surface area contributed by atoms with Crippen LogP contribution in [0.1, 0.15) is 19.6 Å². The van der Waals surface area contributed by atoms with E-state index in [1.807, 2.05) is 0 Å². The van der Waals surface area contributed by atoms with Crippen molar-refractivity contribution in [3.8, 4) is 0 Å². The molecule has 3 N–H and O–H groups in total. The normalized spacial score (nSPS) is 14.2. The minimum atomic E-state index is -3.79. The Morgan fingerprint density at radius 1 is 1.26 bits per heavy atom. The third-order valence-corrected chi connectivity index (χ3v) is 4.56. The number of furan rings is 1. The summed E-state index contributed by atoms with van der Waals surface area (Å²) in [6.45, 7) is 2.58. The number of hydrogen-bond donors (Lipinski definition) is 3. The molecule has 7 nitrogen and oxygen atoms in total. The van der Waals surface area contributed by atoms with Crippen LogP contribution in [0.2, 0.25) is 0 Å². The molecular weight excluding hydrogens is 320 g/mol. The maximum atomic E-state index is 12.2. The van der Waals surface area contributed by atoms with E-state index in [-0.39, 0.29) is 23.1 Å². The molecule has 124 valence electrons. The van der Waals surface area contributed by atoms with Gasteiger partial charge in [-0.15, -0.1) is 0 Å². The molecule has 0 aliphatic rings. The summed E-state index contributed by atoms with van der Waals surface area (Å²) < 4.78 is 31.9. The van der Waals surface area contributed by atoms with Crippen LogP contribution in [0.25, 0.3) is 0 Å². The lowest BCUT2D eigenvalue weighted by Gasteiger charge is -2.21. The fourth-order valence-electron chi connectivity index (χ4n) is 1.91. The molecule has 1 heterocycles. The van der Waals surface area contributed by atoms with Crippen molar-refractivity contribution in [2.75, 3.05) is 11.9 Å². The smallest absolute Gasteiger partial charge is 0.240 e. The van der Waals surface area contributed by atoms with Gasteiger partial charge in [-0.25, -0.2) is 13.1 Å². The summed E-state index contributed by atoms with van der Waals surface area (Å²) in [6, 6.07) is 8.89. The number of carbonyl (C=O) groups excluding carboxylic acids is 1. The van der Waals surface area contributed by atoms with E-state index >= 15 is 0 Å². The first kappa shape index (κ1) is 17.2. The van der Waals surface area contributed by atoms with Crippen molar-refractivity contribution in [3.63, 3.8) is 0 Å². The molecule has 0 saturated heterocycles. The summed E-state index contributed by atoms with van der Waals surface area (Å²) in [6.07, 6.45) is 1.40. The van der Waals surface area contributed by atoms with E-state index in [2.05, 4.69) is 10.0 Å². The van der Waals surface area contributed by atoms with Gasteiger partial charge in [-0.1, -0.05) is 0 Å². The highest BCUT2D eigenvalue weighted by atomic mass is 32.2. The summed E-state index contributed by atoms with van der Waals surface area (Å²) in [7, 11) is -3.79. The van der Waals surface area contributed by atoms with Crippen LogP contribution in [0.4, 0.5) is 5.69 Å². The number of amides is 1. The van der Waals surface area contributed by atoms with Gasteiger partial charge in [-0.05, 0) is 43.3 Å². The molecule has 2 aromatic rings. The molecule has 8 heteroatoms. The first-order valence-corrected chi connectivity index (χ1v) is 8.33. The van der Waals surface area contributed by atoms with E-state index in [9.17, 15) is 18.3 Å². The van der Waals surface area contributed by atoms with Crippen molar-refractivity contribution in [1.29, 1.82) is 0 Å². The molecule has 0 saturated carbocycles. The van der Waals surface area contributed by atoms with Crippen molar-refractivity contribution in [2.45, 2.75) is 24.3 Å². The highest BCUT2D eigenvalue weighted by molar-refractivity contribution is 7.89. The summed E-state index contributed by atoms with van der Waals surface area (Å²) in [4.78, 5) is 11.0. The SMILES string of the molecule is CC(=O)Nc1ccc(S(=O)(=O)NCC(C)(O)c2ccco2)cc1. The van der Waals surface area contributed by atoms with Crippen molar-refractivity contribution in [2.24, 2.45) is 0 Å². The summed E-state index contributed by atoms with van der Waals surface area (Å²) >= 11 is 0. The van der Waals surface area contributed by atoms with E-state index in [0.29, 0.717) is 5.69 Å². The largest absolute Gasteiger partial charge is 0.466 e. The second kappa shape index (κ2) is 6.53. The minimum absolute atomic E-state index is 0.0295. The van der Waals surface area contributed by atoms with Crippen LogP contribution in [-0.2, 0) is 20.4 Å². The third-order valence-electron chi connectivity index (χ3n) is 3.14. The zero-order valence-corrected chi connectivity index (χ0v) is 13.6. The van der Waals surface area contributed by atoms with Gasteiger partial charge in [0.15, 0.2) is 0 Å². The zero-order chi connectivity index (χ0) is 17.1. The first-order chi connectivity index (χ1) is 10.7. The molecule has 1 unspecified atom stereocenters. The number of nitrogens with one attached hydrogen (secondary N) is 2. The second-order valence-corrected chi connectivity index (χ2v) is 7.05. The second-order valence-electron chi connectivity index (χ2n) is 5.28. The van der Waals surface area contributed by atoms with Gasteiger partial charge in [-0.2, -0.15) is 0 Å². The highest BCUT2D eigenvalue weighted by Gasteiger charge is 2.28. The van der Waals surface area contributed by atoms with E-state index in [4.69, 9.17) is 4.42 Å². The van der Waals surface area contributed by atoms with Crippen LogP contribution in [0.15, 0.2) is 52.0 Å². The average Bonchev–Trinajstić information content (AvgIpc) is 3.00. The molecule has 0 aliphatic carbocycles. The third kappa shape index (κ3) is 4.41. The van der Waals surface area contributed by atoms with Gasteiger partial charge in [0.1, 0.15) is 11.4 Å². The molecular formula is C15H18N2O5S. The Kier molecular flexibility index (Phi) is 4.88. The molecule has 2 rings (SSSR count). The number of rotatable bonds is 6. The minimum Gasteiger partial charge on any atom is -0.466 e. The predicted octanol–water partition coefficient (Wildman–Crippen LogP) is 1.42. The molecule has 1 aromatic carbocycles. The van der Waals surface area contributed by atoms with Crippen molar-refractivity contribution < 1.29 is 22.7 Å². The molecule has 0 spiro atoms. The van der Waals surface area contributed by atoms with Gasteiger partial charge in [0, 0.05) is 19.2 Å². The monoisotopic (exact) mass is 338 g/mol. The molecule has 23 heavy (non-hydrogen) atoms. The van der Waals surface area contributed by atoms with Gasteiger partial charge in [-0.3, -0.25) is 4.79 Å². The highest BCUT2D eigenvalue weighted by Crippen LogP contribution is 2.21. The quantitative estimate of drug-likeness (QED) is 0.738. The molecule has 0 fully saturated rings. The van der Waals surface area contributed by atoms with Crippen molar-refractivity contribution in [3.05, 3.63) is 48.4 Å². The standard InChI is InChI=1S/C15H18N2O5S/c1-11(18)17-12-5-7-13(8-6-12)23(20,21)16-10-15(2,19)14-4-3-9-22-14/h3-9,16,19H,10H2,1-2H3,(H,17,18). The maximum absolute atomic E-state index is 12.2. The predicted molar refractivity (Wildman–Crippen MR) is 84.2 cm³/mol. The molecule has 0 radical (unpaired) electrons. The maximum Gasteiger partial charge on any atom is 0.240 e. The van der Waals surface area contributed by atoms with E-state index < -0.39 is 15.6 Å². The number of benzene rings is 1. The Morgan fingerprint density at radius 2 is 1.91 bits per heavy atom. The van der Waals surface area contributed by atoms with Crippen LogP contribution >= 0.6 is 0 Å². The molecule has 1 atom stereocenters. The lowest BCUT2D eigenvalue weighted by atomic mass is 10.1. The molecule has 0 aliphatic heterocycles. The van der Waals surface area contributed by atoms with Crippen LogP contribution in [-0.4, -0.2) is 26.0 Å². The summed E-state index contributed by atoms with van der Waals surface area (Å²) in [5.74, 6) is 0.0226. The fourth-order valence-corrected chi connectivity index (χ4v) is 3.04. The Labute approximate surface area is 134 Å². The van der Waals surface area contributed by atoms with Crippen LogP contribution < -0.4 is 10.0 Å². The van der Waals surface area contributed by atoms with Crippen molar-refractivity contribution in [1.82, 2.24) is 4.72 Å². The zero-order valence-electron chi connectivity index (χ0n) is 12.7. The summed E-state index contributed by atoms with van der Waals surface area (Å²) in [5.41, 5.74) is -0.966. The molecule has 1 amide bonds. The van der Waals surface area contributed by atoms with Gasteiger partial charge < -0.3 is 14.8 Å². The number of sulfonamides is 1. The number of anilines is 1. The van der Waals surface area contributed by atoms with Gasteiger partial charge >= 0.3 is 0 Å². The van der Waals surface area contributed by atoms with Crippen molar-refractivity contribution >= 4 is 21.6 Å². The first-order valence-electron chi connectivity index (χ1n) is 6.84. The molecule has 1 aromatic heterocycles. The van der Waals surface area contributed by atoms with E-state index in [0.717, 1.165) is 0 Å². The average molecular weight is 338 g/mol. The van der Waals surface area contributed by atoms with Crippen LogP contribution in [0.5, 0.6) is 0 Å². The summed E-state index contributed by atoms with van der Waals surface area (Å²) in [5, 5.41) is 12.8. The Hall–Kier alpha value is -2.16.